The van der Waals surface area contributed by atoms with Crippen LogP contribution in [0.2, 0.25) is 0 Å². The van der Waals surface area contributed by atoms with Gasteiger partial charge in [0.2, 0.25) is 5.95 Å². The van der Waals surface area contributed by atoms with Gasteiger partial charge >= 0.3 is 0 Å². The number of aliphatic hydroxyl groups is 1. The van der Waals surface area contributed by atoms with Crippen LogP contribution in [0.15, 0.2) is 29.1 Å². The van der Waals surface area contributed by atoms with Crippen LogP contribution in [-0.2, 0) is 13.0 Å². The van der Waals surface area contributed by atoms with Gasteiger partial charge in [-0.1, -0.05) is 38.1 Å². The van der Waals surface area contributed by atoms with Gasteiger partial charge in [-0.15, -0.1) is 0 Å². The minimum atomic E-state index is -0.305. The average molecular weight is 355 g/mol. The molecule has 1 unspecified atom stereocenters. The Balaban J connectivity index is 2.22. The molecule has 0 fully saturated rings. The molecule has 3 rings (SSSR count). The number of nitrogens with zero attached hydrogens (tertiary/aromatic N) is 4. The number of H-pyrrole nitrogens is 1. The first-order valence-electron chi connectivity index (χ1n) is 8.88. The largest absolute Gasteiger partial charge is 0.390 e. The minimum Gasteiger partial charge on any atom is -0.390 e. The Kier molecular flexibility index (Phi) is 5.08. The SMILES string of the molecule is CCc1ccc(C(CC)n2nc(CO)c3c(=O)[nH]c(N(C)C)nc32)cc1. The van der Waals surface area contributed by atoms with E-state index >= 15 is 0 Å². The van der Waals surface area contributed by atoms with E-state index in [2.05, 4.69) is 53.2 Å². The van der Waals surface area contributed by atoms with Crippen molar-refractivity contribution in [3.8, 4) is 0 Å². The van der Waals surface area contributed by atoms with Gasteiger partial charge in [0, 0.05) is 14.1 Å². The van der Waals surface area contributed by atoms with Crippen LogP contribution in [0.3, 0.4) is 0 Å². The molecule has 0 saturated heterocycles. The lowest BCUT2D eigenvalue weighted by Gasteiger charge is -2.18. The van der Waals surface area contributed by atoms with Gasteiger partial charge in [0.15, 0.2) is 5.65 Å². The normalized spacial score (nSPS) is 12.5. The highest BCUT2D eigenvalue weighted by atomic mass is 16.3. The quantitative estimate of drug-likeness (QED) is 0.708. The summed E-state index contributed by atoms with van der Waals surface area (Å²) in [6.45, 7) is 3.89. The fourth-order valence-corrected chi connectivity index (χ4v) is 3.17. The molecule has 7 nitrogen and oxygen atoms in total. The van der Waals surface area contributed by atoms with Crippen molar-refractivity contribution in [1.29, 1.82) is 0 Å². The summed E-state index contributed by atoms with van der Waals surface area (Å²) in [7, 11) is 3.64. The molecule has 1 aromatic carbocycles. The van der Waals surface area contributed by atoms with Crippen LogP contribution in [0.25, 0.3) is 11.0 Å². The summed E-state index contributed by atoms with van der Waals surface area (Å²) in [5.41, 5.74) is 2.93. The van der Waals surface area contributed by atoms with Gasteiger partial charge in [-0.25, -0.2) is 4.68 Å². The summed E-state index contributed by atoms with van der Waals surface area (Å²) in [6.07, 6.45) is 1.78. The first-order chi connectivity index (χ1) is 12.5. The van der Waals surface area contributed by atoms with Gasteiger partial charge in [-0.2, -0.15) is 10.1 Å². The maximum Gasteiger partial charge on any atom is 0.263 e. The summed E-state index contributed by atoms with van der Waals surface area (Å²) in [5.74, 6) is 0.462. The number of hydrogen-bond acceptors (Lipinski definition) is 5. The van der Waals surface area contributed by atoms with Crippen LogP contribution in [0, 0.1) is 0 Å². The van der Waals surface area contributed by atoms with E-state index in [1.54, 1.807) is 9.58 Å². The zero-order chi connectivity index (χ0) is 18.8. The Morgan fingerprint density at radius 3 is 2.46 bits per heavy atom. The number of fused-ring (bicyclic) bond motifs is 1. The highest BCUT2D eigenvalue weighted by Crippen LogP contribution is 2.27. The van der Waals surface area contributed by atoms with E-state index < -0.39 is 0 Å². The van der Waals surface area contributed by atoms with Gasteiger partial charge in [-0.3, -0.25) is 9.78 Å². The van der Waals surface area contributed by atoms with E-state index in [4.69, 9.17) is 0 Å². The molecule has 0 aliphatic rings. The zero-order valence-corrected chi connectivity index (χ0v) is 15.7. The van der Waals surface area contributed by atoms with Crippen molar-refractivity contribution < 1.29 is 5.11 Å². The first-order valence-corrected chi connectivity index (χ1v) is 8.88. The van der Waals surface area contributed by atoms with Crippen LogP contribution in [-0.4, -0.2) is 39.0 Å². The molecule has 2 N–H and O–H groups in total. The van der Waals surface area contributed by atoms with E-state index in [0.717, 1.165) is 18.4 Å². The minimum absolute atomic E-state index is 0.0620. The third kappa shape index (κ3) is 3.10. The molecule has 138 valence electrons. The monoisotopic (exact) mass is 355 g/mol. The molecule has 26 heavy (non-hydrogen) atoms. The number of aromatic amines is 1. The molecule has 0 spiro atoms. The molecule has 1 atom stereocenters. The first kappa shape index (κ1) is 18.1. The maximum absolute atomic E-state index is 12.5. The van der Waals surface area contributed by atoms with E-state index in [1.165, 1.54) is 5.56 Å². The lowest BCUT2D eigenvalue weighted by molar-refractivity contribution is 0.275. The Morgan fingerprint density at radius 1 is 1.23 bits per heavy atom. The third-order valence-electron chi connectivity index (χ3n) is 4.65. The average Bonchev–Trinajstić information content (AvgIpc) is 3.02. The fourth-order valence-electron chi connectivity index (χ4n) is 3.17. The smallest absolute Gasteiger partial charge is 0.263 e. The number of rotatable bonds is 6. The number of nitrogens with one attached hydrogen (secondary N) is 1. The van der Waals surface area contributed by atoms with Gasteiger partial charge < -0.3 is 10.0 Å². The van der Waals surface area contributed by atoms with Crippen LogP contribution in [0.5, 0.6) is 0 Å². The van der Waals surface area contributed by atoms with Crippen molar-refractivity contribution in [2.24, 2.45) is 0 Å². The molecule has 3 aromatic rings. The van der Waals surface area contributed by atoms with Crippen molar-refractivity contribution in [1.82, 2.24) is 19.7 Å². The molecule has 7 heteroatoms. The van der Waals surface area contributed by atoms with E-state index in [-0.39, 0.29) is 18.2 Å². The maximum atomic E-state index is 12.5. The predicted octanol–water partition coefficient (Wildman–Crippen LogP) is 2.24. The van der Waals surface area contributed by atoms with Crippen molar-refractivity contribution >= 4 is 17.0 Å². The van der Waals surface area contributed by atoms with Crippen LogP contribution >= 0.6 is 0 Å². The van der Waals surface area contributed by atoms with Crippen molar-refractivity contribution in [3.05, 3.63) is 51.4 Å². The van der Waals surface area contributed by atoms with Gasteiger partial charge in [0.05, 0.1) is 12.6 Å². The Bertz CT molecular complexity index is 956. The lowest BCUT2D eigenvalue weighted by atomic mass is 10.0. The molecule has 0 bridgehead atoms. The Morgan fingerprint density at radius 2 is 1.92 bits per heavy atom. The van der Waals surface area contributed by atoms with Crippen molar-refractivity contribution in [3.63, 3.8) is 0 Å². The summed E-state index contributed by atoms with van der Waals surface area (Å²) in [6, 6.07) is 8.36. The van der Waals surface area contributed by atoms with Gasteiger partial charge in [-0.05, 0) is 24.0 Å². The molecule has 2 aromatic heterocycles. The van der Waals surface area contributed by atoms with Gasteiger partial charge in [0.25, 0.3) is 5.56 Å². The Hall–Kier alpha value is -2.67. The molecule has 0 aliphatic carbocycles. The summed E-state index contributed by atoms with van der Waals surface area (Å²) in [5, 5.41) is 14.6. The number of aryl methyl sites for hydroxylation is 1. The molecular formula is C19H25N5O2. The highest BCUT2D eigenvalue weighted by molar-refractivity contribution is 5.78. The molecule has 0 aliphatic heterocycles. The second kappa shape index (κ2) is 7.29. The zero-order valence-electron chi connectivity index (χ0n) is 15.7. The summed E-state index contributed by atoms with van der Waals surface area (Å²) in [4.78, 5) is 21.6. The molecule has 0 amide bonds. The molecule has 2 heterocycles. The second-order valence-electron chi connectivity index (χ2n) is 6.55. The fraction of sp³-hybridized carbons (Fsp3) is 0.421. The third-order valence-corrected chi connectivity index (χ3v) is 4.65. The lowest BCUT2D eigenvalue weighted by Crippen LogP contribution is -2.20. The van der Waals surface area contributed by atoms with E-state index in [1.807, 2.05) is 14.1 Å². The number of aromatic nitrogens is 4. The second-order valence-corrected chi connectivity index (χ2v) is 6.55. The van der Waals surface area contributed by atoms with Crippen molar-refractivity contribution in [2.75, 3.05) is 19.0 Å². The van der Waals surface area contributed by atoms with E-state index in [9.17, 15) is 9.90 Å². The van der Waals surface area contributed by atoms with Crippen molar-refractivity contribution in [2.45, 2.75) is 39.3 Å². The predicted molar refractivity (Wildman–Crippen MR) is 103 cm³/mol. The summed E-state index contributed by atoms with van der Waals surface area (Å²) >= 11 is 0. The van der Waals surface area contributed by atoms with Gasteiger partial charge in [0.1, 0.15) is 11.1 Å². The highest BCUT2D eigenvalue weighted by Gasteiger charge is 2.22. The molecule has 0 saturated carbocycles. The number of hydrogen-bond donors (Lipinski definition) is 2. The number of benzene rings is 1. The van der Waals surface area contributed by atoms with Crippen LogP contribution in [0.1, 0.15) is 43.1 Å². The summed E-state index contributed by atoms with van der Waals surface area (Å²) < 4.78 is 1.77. The van der Waals surface area contributed by atoms with Crippen LogP contribution < -0.4 is 10.5 Å². The molecule has 0 radical (unpaired) electrons. The number of aliphatic hydroxyl groups excluding tert-OH is 1. The Labute approximate surface area is 152 Å². The number of anilines is 1. The standard InChI is InChI=1S/C19H25N5O2/c1-5-12-7-9-13(10-8-12)15(6-2)24-17-16(14(11-25)22-24)18(26)21-19(20-17)23(3)4/h7-10,15,25H,5-6,11H2,1-4H3,(H,20,21,26). The van der Waals surface area contributed by atoms with E-state index in [0.29, 0.717) is 22.7 Å². The topological polar surface area (TPSA) is 87.0 Å². The van der Waals surface area contributed by atoms with Crippen LogP contribution in [0.4, 0.5) is 5.95 Å². The molecular weight excluding hydrogens is 330 g/mol.